The molecule has 0 aliphatic heterocycles. The lowest BCUT2D eigenvalue weighted by Crippen LogP contribution is -2.01. The molecule has 0 spiro atoms. The van der Waals surface area contributed by atoms with E-state index in [1.807, 2.05) is 32.0 Å². The second kappa shape index (κ2) is 7.97. The first-order valence-corrected chi connectivity index (χ1v) is 9.06. The van der Waals surface area contributed by atoms with Crippen LogP contribution in [0.4, 0.5) is 0 Å². The van der Waals surface area contributed by atoms with Crippen molar-refractivity contribution in [1.82, 2.24) is 9.97 Å². The number of carboxylic acid groups (broad SMARTS) is 1. The van der Waals surface area contributed by atoms with Gasteiger partial charge >= 0.3 is 5.97 Å². The number of hydrogen-bond donors (Lipinski definition) is 1. The fourth-order valence-electron chi connectivity index (χ4n) is 2.48. The van der Waals surface area contributed by atoms with Gasteiger partial charge in [-0.3, -0.25) is 4.98 Å². The average Bonchev–Trinajstić information content (AvgIpc) is 3.13. The fraction of sp³-hybridized carbons (Fsp3) is 0.211. The zero-order chi connectivity index (χ0) is 18.5. The monoisotopic (exact) mass is 370 g/mol. The topological polar surface area (TPSA) is 81.5 Å². The van der Waals surface area contributed by atoms with Crippen molar-refractivity contribution in [2.24, 2.45) is 0 Å². The Bertz CT molecular complexity index is 923. The standard InChI is InChI=1S/C19H18N2O4S/c1-3-24-15-8-7-12(10-16(15)25-4-2)18-21-14(11-26-18)17-13(19(22)23)6-5-9-20-17/h5-11H,3-4H2,1-2H3,(H,22,23). The molecule has 0 aliphatic rings. The molecule has 2 aromatic heterocycles. The third-order valence-corrected chi connectivity index (χ3v) is 4.47. The van der Waals surface area contributed by atoms with Crippen LogP contribution in [0.1, 0.15) is 24.2 Å². The van der Waals surface area contributed by atoms with Gasteiger partial charge in [-0.15, -0.1) is 11.3 Å². The number of nitrogens with zero attached hydrogens (tertiary/aromatic N) is 2. The summed E-state index contributed by atoms with van der Waals surface area (Å²) in [5.74, 6) is 0.322. The van der Waals surface area contributed by atoms with Gasteiger partial charge in [-0.1, -0.05) is 0 Å². The minimum atomic E-state index is -1.03. The van der Waals surface area contributed by atoms with Crippen molar-refractivity contribution in [2.45, 2.75) is 13.8 Å². The van der Waals surface area contributed by atoms with Gasteiger partial charge in [0.15, 0.2) is 11.5 Å². The minimum Gasteiger partial charge on any atom is -0.490 e. The summed E-state index contributed by atoms with van der Waals surface area (Å²) < 4.78 is 11.2. The first kappa shape index (κ1) is 17.9. The van der Waals surface area contributed by atoms with Crippen LogP contribution in [0.5, 0.6) is 11.5 Å². The fourth-order valence-corrected chi connectivity index (χ4v) is 3.28. The highest BCUT2D eigenvalue weighted by atomic mass is 32.1. The number of carbonyl (C=O) groups is 1. The molecule has 0 atom stereocenters. The number of hydrogen-bond acceptors (Lipinski definition) is 6. The molecule has 6 nitrogen and oxygen atoms in total. The van der Waals surface area contributed by atoms with E-state index in [0.717, 1.165) is 10.6 Å². The van der Waals surface area contributed by atoms with Gasteiger partial charge in [-0.2, -0.15) is 0 Å². The molecule has 0 bridgehead atoms. The van der Waals surface area contributed by atoms with Crippen molar-refractivity contribution in [3.05, 3.63) is 47.5 Å². The lowest BCUT2D eigenvalue weighted by molar-refractivity contribution is 0.0697. The number of aromatic nitrogens is 2. The van der Waals surface area contributed by atoms with Gasteiger partial charge in [0.1, 0.15) is 16.4 Å². The molecule has 0 radical (unpaired) electrons. The van der Waals surface area contributed by atoms with E-state index in [2.05, 4.69) is 9.97 Å². The lowest BCUT2D eigenvalue weighted by Gasteiger charge is -2.11. The average molecular weight is 370 g/mol. The Morgan fingerprint density at radius 2 is 1.92 bits per heavy atom. The Hall–Kier alpha value is -2.93. The molecule has 0 amide bonds. The number of pyridine rings is 1. The van der Waals surface area contributed by atoms with Crippen molar-refractivity contribution in [3.63, 3.8) is 0 Å². The molecule has 134 valence electrons. The Morgan fingerprint density at radius 3 is 2.65 bits per heavy atom. The summed E-state index contributed by atoms with van der Waals surface area (Å²) in [6.07, 6.45) is 1.56. The van der Waals surface area contributed by atoms with E-state index in [0.29, 0.717) is 36.1 Å². The summed E-state index contributed by atoms with van der Waals surface area (Å²) in [4.78, 5) is 20.1. The van der Waals surface area contributed by atoms with Gasteiger partial charge in [0, 0.05) is 17.1 Å². The molecule has 0 aliphatic carbocycles. The van der Waals surface area contributed by atoms with Crippen LogP contribution in [0.2, 0.25) is 0 Å². The van der Waals surface area contributed by atoms with Gasteiger partial charge < -0.3 is 14.6 Å². The third kappa shape index (κ3) is 3.67. The van der Waals surface area contributed by atoms with Gasteiger partial charge in [-0.25, -0.2) is 9.78 Å². The Labute approximate surface area is 155 Å². The predicted molar refractivity (Wildman–Crippen MR) is 100 cm³/mol. The molecule has 0 unspecified atom stereocenters. The Morgan fingerprint density at radius 1 is 1.15 bits per heavy atom. The summed E-state index contributed by atoms with van der Waals surface area (Å²) >= 11 is 1.42. The largest absolute Gasteiger partial charge is 0.490 e. The van der Waals surface area contributed by atoms with E-state index < -0.39 is 5.97 Å². The molecule has 0 fully saturated rings. The minimum absolute atomic E-state index is 0.131. The molecular formula is C19H18N2O4S. The maximum absolute atomic E-state index is 11.4. The SMILES string of the molecule is CCOc1ccc(-c2nc(-c3ncccc3C(=O)O)cs2)cc1OCC. The summed E-state index contributed by atoms with van der Waals surface area (Å²) in [5, 5.41) is 11.9. The Kier molecular flexibility index (Phi) is 5.48. The highest BCUT2D eigenvalue weighted by Gasteiger charge is 2.16. The molecule has 0 saturated carbocycles. The summed E-state index contributed by atoms with van der Waals surface area (Å²) in [5.41, 5.74) is 1.90. The second-order valence-electron chi connectivity index (χ2n) is 5.27. The molecule has 7 heteroatoms. The second-order valence-corrected chi connectivity index (χ2v) is 6.13. The molecule has 2 heterocycles. The third-order valence-electron chi connectivity index (χ3n) is 3.58. The maximum Gasteiger partial charge on any atom is 0.337 e. The van der Waals surface area contributed by atoms with E-state index in [1.54, 1.807) is 17.6 Å². The molecule has 3 aromatic rings. The zero-order valence-corrected chi connectivity index (χ0v) is 15.2. The van der Waals surface area contributed by atoms with Crippen LogP contribution in [0.25, 0.3) is 22.0 Å². The van der Waals surface area contributed by atoms with Crippen LogP contribution in [0.15, 0.2) is 41.9 Å². The maximum atomic E-state index is 11.4. The molecule has 1 N–H and O–H groups in total. The van der Waals surface area contributed by atoms with Crippen molar-refractivity contribution in [1.29, 1.82) is 0 Å². The lowest BCUT2D eigenvalue weighted by atomic mass is 10.1. The van der Waals surface area contributed by atoms with Crippen molar-refractivity contribution in [3.8, 4) is 33.5 Å². The quantitative estimate of drug-likeness (QED) is 0.665. The first-order valence-electron chi connectivity index (χ1n) is 8.18. The van der Waals surface area contributed by atoms with Gasteiger partial charge in [-0.05, 0) is 44.2 Å². The number of rotatable bonds is 7. The highest BCUT2D eigenvalue weighted by molar-refractivity contribution is 7.13. The van der Waals surface area contributed by atoms with Crippen LogP contribution < -0.4 is 9.47 Å². The molecule has 3 rings (SSSR count). The Balaban J connectivity index is 1.98. The van der Waals surface area contributed by atoms with E-state index in [4.69, 9.17) is 9.47 Å². The highest BCUT2D eigenvalue weighted by Crippen LogP contribution is 2.35. The van der Waals surface area contributed by atoms with Crippen molar-refractivity contribution >= 4 is 17.3 Å². The predicted octanol–water partition coefficient (Wildman–Crippen LogP) is 4.37. The van der Waals surface area contributed by atoms with Gasteiger partial charge in [0.2, 0.25) is 0 Å². The summed E-state index contributed by atoms with van der Waals surface area (Å²) in [6, 6.07) is 8.77. The number of carboxylic acids is 1. The van der Waals surface area contributed by atoms with Crippen molar-refractivity contribution in [2.75, 3.05) is 13.2 Å². The zero-order valence-electron chi connectivity index (χ0n) is 14.4. The molecular weight excluding hydrogens is 352 g/mol. The summed E-state index contributed by atoms with van der Waals surface area (Å²) in [6.45, 7) is 4.92. The number of benzene rings is 1. The van der Waals surface area contributed by atoms with Crippen LogP contribution in [-0.2, 0) is 0 Å². The molecule has 26 heavy (non-hydrogen) atoms. The van der Waals surface area contributed by atoms with E-state index >= 15 is 0 Å². The van der Waals surface area contributed by atoms with Gasteiger partial charge in [0.05, 0.1) is 18.8 Å². The summed E-state index contributed by atoms with van der Waals surface area (Å²) in [7, 11) is 0. The smallest absolute Gasteiger partial charge is 0.337 e. The number of thiazole rings is 1. The number of aromatic carboxylic acids is 1. The van der Waals surface area contributed by atoms with E-state index in [-0.39, 0.29) is 5.56 Å². The molecule has 1 aromatic carbocycles. The van der Waals surface area contributed by atoms with Gasteiger partial charge in [0.25, 0.3) is 0 Å². The number of ether oxygens (including phenoxy) is 2. The molecule has 0 saturated heterocycles. The van der Waals surface area contributed by atoms with Crippen molar-refractivity contribution < 1.29 is 19.4 Å². The first-order chi connectivity index (χ1) is 12.6. The van der Waals surface area contributed by atoms with Crippen LogP contribution in [0.3, 0.4) is 0 Å². The van der Waals surface area contributed by atoms with Crippen LogP contribution in [0, 0.1) is 0 Å². The van der Waals surface area contributed by atoms with E-state index in [9.17, 15) is 9.90 Å². The van der Waals surface area contributed by atoms with E-state index in [1.165, 1.54) is 17.4 Å². The van der Waals surface area contributed by atoms with Crippen LogP contribution in [-0.4, -0.2) is 34.3 Å². The van der Waals surface area contributed by atoms with Crippen LogP contribution >= 0.6 is 11.3 Å². The normalized spacial score (nSPS) is 10.5.